The highest BCUT2D eigenvalue weighted by Crippen LogP contribution is 2.15. The number of nitrogens with two attached hydrogens (primary N) is 2. The molecule has 0 bridgehead atoms. The maximum Gasteiger partial charge on any atom is 0.128 e. The van der Waals surface area contributed by atoms with E-state index in [2.05, 4.69) is 0 Å². The average molecular weight is 154 g/mol. The second kappa shape index (κ2) is 3.67. The summed E-state index contributed by atoms with van der Waals surface area (Å²) in [5.41, 5.74) is 11.5. The van der Waals surface area contributed by atoms with Crippen molar-refractivity contribution in [3.63, 3.8) is 0 Å². The van der Waals surface area contributed by atoms with Gasteiger partial charge in [-0.15, -0.1) is 0 Å². The largest absolute Gasteiger partial charge is 0.375 e. The molecule has 2 unspecified atom stereocenters. The number of aliphatic hydroxyl groups is 1. The standard InChI is InChI=1S/C8H14N2O/c9-5-6-1-3-7(4-2-6)8(10)11/h1,3-4,6,8,11H,2,5,9-10H2. The third-order valence-corrected chi connectivity index (χ3v) is 1.86. The van der Waals surface area contributed by atoms with Gasteiger partial charge in [0.25, 0.3) is 0 Å². The van der Waals surface area contributed by atoms with Crippen LogP contribution in [0.5, 0.6) is 0 Å². The van der Waals surface area contributed by atoms with E-state index >= 15 is 0 Å². The molecule has 3 nitrogen and oxygen atoms in total. The number of rotatable bonds is 2. The van der Waals surface area contributed by atoms with Gasteiger partial charge in [0.2, 0.25) is 0 Å². The second-order valence-corrected chi connectivity index (χ2v) is 2.74. The molecular weight excluding hydrogens is 140 g/mol. The van der Waals surface area contributed by atoms with Crippen molar-refractivity contribution in [2.45, 2.75) is 12.6 Å². The fourth-order valence-corrected chi connectivity index (χ4v) is 1.08. The van der Waals surface area contributed by atoms with Crippen LogP contribution in [0.4, 0.5) is 0 Å². The Labute approximate surface area is 66.4 Å². The van der Waals surface area contributed by atoms with Crippen LogP contribution in [0.1, 0.15) is 6.42 Å². The minimum absolute atomic E-state index is 0.414. The molecule has 0 amide bonds. The smallest absolute Gasteiger partial charge is 0.128 e. The first-order valence-electron chi connectivity index (χ1n) is 3.76. The molecule has 3 heteroatoms. The van der Waals surface area contributed by atoms with Crippen molar-refractivity contribution >= 4 is 0 Å². The van der Waals surface area contributed by atoms with Gasteiger partial charge in [0.1, 0.15) is 6.23 Å². The van der Waals surface area contributed by atoms with Gasteiger partial charge in [0, 0.05) is 0 Å². The van der Waals surface area contributed by atoms with Crippen LogP contribution in [0.15, 0.2) is 23.8 Å². The van der Waals surface area contributed by atoms with Crippen LogP contribution < -0.4 is 11.5 Å². The highest BCUT2D eigenvalue weighted by molar-refractivity contribution is 5.26. The van der Waals surface area contributed by atoms with E-state index in [1.54, 1.807) is 0 Å². The molecular formula is C8H14N2O. The lowest BCUT2D eigenvalue weighted by Crippen LogP contribution is -2.23. The summed E-state index contributed by atoms with van der Waals surface area (Å²) in [6.45, 7) is 0.654. The highest BCUT2D eigenvalue weighted by atomic mass is 16.3. The van der Waals surface area contributed by atoms with Gasteiger partial charge in [-0.2, -0.15) is 0 Å². The molecule has 0 aromatic heterocycles. The maximum absolute atomic E-state index is 8.96. The Hall–Kier alpha value is -0.640. The Morgan fingerprint density at radius 1 is 1.73 bits per heavy atom. The summed E-state index contributed by atoms with van der Waals surface area (Å²) in [6.07, 6.45) is 5.81. The third-order valence-electron chi connectivity index (χ3n) is 1.86. The SMILES string of the molecule is NCC1C=CC(C(N)O)=CC1. The average Bonchev–Trinajstić information content (AvgIpc) is 2.05. The Morgan fingerprint density at radius 2 is 2.45 bits per heavy atom. The van der Waals surface area contributed by atoms with Crippen molar-refractivity contribution in [3.05, 3.63) is 23.8 Å². The second-order valence-electron chi connectivity index (χ2n) is 2.74. The van der Waals surface area contributed by atoms with Crippen molar-refractivity contribution in [2.75, 3.05) is 6.54 Å². The van der Waals surface area contributed by atoms with E-state index in [-0.39, 0.29) is 0 Å². The fraction of sp³-hybridized carbons (Fsp3) is 0.500. The summed E-state index contributed by atoms with van der Waals surface area (Å²) in [5.74, 6) is 0.414. The molecule has 1 aliphatic carbocycles. The molecule has 1 rings (SSSR count). The maximum atomic E-state index is 8.96. The van der Waals surface area contributed by atoms with E-state index in [9.17, 15) is 0 Å². The van der Waals surface area contributed by atoms with Gasteiger partial charge in [-0.25, -0.2) is 0 Å². The Balaban J connectivity index is 2.53. The fourth-order valence-electron chi connectivity index (χ4n) is 1.08. The number of allylic oxidation sites excluding steroid dienone is 1. The van der Waals surface area contributed by atoms with Gasteiger partial charge in [-0.1, -0.05) is 18.2 Å². The Bertz CT molecular complexity index is 185. The van der Waals surface area contributed by atoms with Crippen molar-refractivity contribution < 1.29 is 5.11 Å². The number of aliphatic hydroxyl groups excluding tert-OH is 1. The summed E-state index contributed by atoms with van der Waals surface area (Å²) in [6, 6.07) is 0. The van der Waals surface area contributed by atoms with E-state index < -0.39 is 6.23 Å². The lowest BCUT2D eigenvalue weighted by molar-refractivity contribution is 0.222. The topological polar surface area (TPSA) is 72.3 Å². The molecule has 0 aromatic carbocycles. The van der Waals surface area contributed by atoms with Crippen LogP contribution >= 0.6 is 0 Å². The van der Waals surface area contributed by atoms with Crippen LogP contribution in [0, 0.1) is 5.92 Å². The van der Waals surface area contributed by atoms with Gasteiger partial charge in [-0.05, 0) is 24.5 Å². The van der Waals surface area contributed by atoms with E-state index in [1.807, 2.05) is 18.2 Å². The molecule has 5 N–H and O–H groups in total. The molecule has 0 saturated carbocycles. The molecule has 0 saturated heterocycles. The minimum Gasteiger partial charge on any atom is -0.375 e. The molecule has 0 spiro atoms. The van der Waals surface area contributed by atoms with Gasteiger partial charge in [0.05, 0.1) is 0 Å². The normalized spacial score (nSPS) is 26.5. The molecule has 62 valence electrons. The Morgan fingerprint density at radius 3 is 2.82 bits per heavy atom. The monoisotopic (exact) mass is 154 g/mol. The molecule has 11 heavy (non-hydrogen) atoms. The van der Waals surface area contributed by atoms with Crippen molar-refractivity contribution in [1.29, 1.82) is 0 Å². The first kappa shape index (κ1) is 8.46. The number of hydrogen-bond acceptors (Lipinski definition) is 3. The zero-order chi connectivity index (χ0) is 8.27. The van der Waals surface area contributed by atoms with Crippen LogP contribution in [-0.2, 0) is 0 Å². The van der Waals surface area contributed by atoms with Crippen LogP contribution in [0.3, 0.4) is 0 Å². The summed E-state index contributed by atoms with van der Waals surface area (Å²) < 4.78 is 0. The highest BCUT2D eigenvalue weighted by Gasteiger charge is 2.09. The van der Waals surface area contributed by atoms with Crippen LogP contribution in [0.25, 0.3) is 0 Å². The molecule has 0 fully saturated rings. The lowest BCUT2D eigenvalue weighted by atomic mass is 9.96. The number of hydrogen-bond donors (Lipinski definition) is 3. The van der Waals surface area contributed by atoms with Crippen molar-refractivity contribution in [2.24, 2.45) is 17.4 Å². The molecule has 2 atom stereocenters. The zero-order valence-corrected chi connectivity index (χ0v) is 6.40. The molecule has 0 heterocycles. The van der Waals surface area contributed by atoms with E-state index in [1.165, 1.54) is 0 Å². The Kier molecular flexibility index (Phi) is 2.82. The third kappa shape index (κ3) is 2.15. The summed E-state index contributed by atoms with van der Waals surface area (Å²) in [4.78, 5) is 0. The predicted octanol–water partition coefficient (Wildman–Crippen LogP) is -0.275. The lowest BCUT2D eigenvalue weighted by Gasteiger charge is -2.15. The van der Waals surface area contributed by atoms with Gasteiger partial charge >= 0.3 is 0 Å². The first-order chi connectivity index (χ1) is 5.24. The minimum atomic E-state index is -0.843. The van der Waals surface area contributed by atoms with Crippen molar-refractivity contribution in [3.8, 4) is 0 Å². The van der Waals surface area contributed by atoms with E-state index in [0.717, 1.165) is 12.0 Å². The summed E-state index contributed by atoms with van der Waals surface area (Å²) in [7, 11) is 0. The van der Waals surface area contributed by atoms with Gasteiger partial charge in [0.15, 0.2) is 0 Å². The molecule has 1 aliphatic rings. The van der Waals surface area contributed by atoms with E-state index in [0.29, 0.717) is 12.5 Å². The quantitative estimate of drug-likeness (QED) is 0.479. The van der Waals surface area contributed by atoms with Crippen molar-refractivity contribution in [1.82, 2.24) is 0 Å². The zero-order valence-electron chi connectivity index (χ0n) is 6.40. The van der Waals surface area contributed by atoms with Gasteiger partial charge < -0.3 is 16.6 Å². The van der Waals surface area contributed by atoms with Crippen LogP contribution in [-0.4, -0.2) is 17.9 Å². The predicted molar refractivity (Wildman–Crippen MR) is 44.6 cm³/mol. The molecule has 0 radical (unpaired) electrons. The molecule has 0 aromatic rings. The van der Waals surface area contributed by atoms with E-state index in [4.69, 9.17) is 16.6 Å². The summed E-state index contributed by atoms with van der Waals surface area (Å²) in [5, 5.41) is 8.96. The summed E-state index contributed by atoms with van der Waals surface area (Å²) >= 11 is 0. The first-order valence-corrected chi connectivity index (χ1v) is 3.76. The van der Waals surface area contributed by atoms with Crippen LogP contribution in [0.2, 0.25) is 0 Å². The molecule has 0 aliphatic heterocycles. The van der Waals surface area contributed by atoms with Gasteiger partial charge in [-0.3, -0.25) is 0 Å².